The fourth-order valence-electron chi connectivity index (χ4n) is 1.45. The molecule has 0 aliphatic carbocycles. The monoisotopic (exact) mass is 213 g/mol. The number of hydrogen-bond donors (Lipinski definition) is 1. The molecule has 2 aromatic rings. The number of nitrogens with zero attached hydrogens (tertiary/aromatic N) is 2. The van der Waals surface area contributed by atoms with Gasteiger partial charge in [0, 0.05) is 5.56 Å². The lowest BCUT2D eigenvalue weighted by Gasteiger charge is -2.00. The maximum atomic E-state index is 8.81. The summed E-state index contributed by atoms with van der Waals surface area (Å²) >= 11 is 0. The van der Waals surface area contributed by atoms with Crippen LogP contribution in [0.4, 0.5) is 0 Å². The fourth-order valence-corrected chi connectivity index (χ4v) is 1.45. The van der Waals surface area contributed by atoms with E-state index >= 15 is 0 Å². The number of aromatic nitrogens is 2. The molecule has 1 N–H and O–H groups in total. The molecule has 0 saturated carbocycles. The first kappa shape index (κ1) is 10.2. The summed E-state index contributed by atoms with van der Waals surface area (Å²) in [5.74, 6) is 1.50. The van der Waals surface area contributed by atoms with Gasteiger partial charge in [0.05, 0.1) is 12.8 Å². The van der Waals surface area contributed by atoms with E-state index in [4.69, 9.17) is 10.00 Å². The van der Waals surface area contributed by atoms with Crippen LogP contribution in [0.1, 0.15) is 11.4 Å². The van der Waals surface area contributed by atoms with Crippen molar-refractivity contribution < 1.29 is 4.74 Å². The molecular formula is C12H11N3O. The first-order valence-electron chi connectivity index (χ1n) is 4.85. The van der Waals surface area contributed by atoms with Crippen LogP contribution >= 0.6 is 0 Å². The van der Waals surface area contributed by atoms with Crippen LogP contribution in [0.2, 0.25) is 0 Å². The molecule has 80 valence electrons. The van der Waals surface area contributed by atoms with Crippen LogP contribution in [0.5, 0.6) is 5.75 Å². The van der Waals surface area contributed by atoms with Gasteiger partial charge in [0.15, 0.2) is 5.69 Å². The van der Waals surface area contributed by atoms with Crippen molar-refractivity contribution in [1.82, 2.24) is 9.97 Å². The standard InChI is InChI=1S/C12H11N3O/c1-8-11(7-13)15-12(14-8)9-3-5-10(16-2)6-4-9/h3-6H,1-2H3,(H,14,15). The van der Waals surface area contributed by atoms with E-state index in [-0.39, 0.29) is 0 Å². The second-order valence-corrected chi connectivity index (χ2v) is 3.40. The van der Waals surface area contributed by atoms with E-state index in [0.717, 1.165) is 17.0 Å². The third kappa shape index (κ3) is 1.75. The second kappa shape index (κ2) is 4.07. The Kier molecular flexibility index (Phi) is 2.61. The van der Waals surface area contributed by atoms with Gasteiger partial charge in [0.1, 0.15) is 17.6 Å². The van der Waals surface area contributed by atoms with Gasteiger partial charge in [-0.15, -0.1) is 0 Å². The van der Waals surface area contributed by atoms with Crippen LogP contribution in [0.15, 0.2) is 24.3 Å². The number of H-pyrrole nitrogens is 1. The number of aryl methyl sites for hydroxylation is 1. The van der Waals surface area contributed by atoms with Crippen molar-refractivity contribution in [2.45, 2.75) is 6.92 Å². The van der Waals surface area contributed by atoms with Crippen LogP contribution < -0.4 is 4.74 Å². The summed E-state index contributed by atoms with van der Waals surface area (Å²) in [5.41, 5.74) is 2.16. The molecule has 4 nitrogen and oxygen atoms in total. The van der Waals surface area contributed by atoms with Gasteiger partial charge in [-0.25, -0.2) is 4.98 Å². The minimum absolute atomic E-state index is 0.436. The smallest absolute Gasteiger partial charge is 0.161 e. The molecule has 1 aromatic heterocycles. The van der Waals surface area contributed by atoms with Crippen LogP contribution in [-0.4, -0.2) is 17.1 Å². The Labute approximate surface area is 93.5 Å². The molecule has 0 unspecified atom stereocenters. The fraction of sp³-hybridized carbons (Fsp3) is 0.167. The molecule has 0 atom stereocenters. The maximum Gasteiger partial charge on any atom is 0.161 e. The highest BCUT2D eigenvalue weighted by molar-refractivity contribution is 5.58. The van der Waals surface area contributed by atoms with Crippen molar-refractivity contribution >= 4 is 0 Å². The van der Waals surface area contributed by atoms with Crippen molar-refractivity contribution in [3.8, 4) is 23.2 Å². The van der Waals surface area contributed by atoms with Gasteiger partial charge in [-0.05, 0) is 31.2 Å². The molecule has 0 aliphatic rings. The first-order valence-corrected chi connectivity index (χ1v) is 4.85. The minimum Gasteiger partial charge on any atom is -0.497 e. The molecular weight excluding hydrogens is 202 g/mol. The number of aromatic amines is 1. The lowest BCUT2D eigenvalue weighted by molar-refractivity contribution is 0.415. The Morgan fingerprint density at radius 3 is 2.50 bits per heavy atom. The summed E-state index contributed by atoms with van der Waals surface area (Å²) in [4.78, 5) is 7.27. The molecule has 0 fully saturated rings. The van der Waals surface area contributed by atoms with E-state index in [9.17, 15) is 0 Å². The van der Waals surface area contributed by atoms with Crippen molar-refractivity contribution in [1.29, 1.82) is 5.26 Å². The molecule has 0 spiro atoms. The third-order valence-corrected chi connectivity index (χ3v) is 2.35. The Morgan fingerprint density at radius 2 is 2.00 bits per heavy atom. The number of benzene rings is 1. The zero-order valence-corrected chi connectivity index (χ0v) is 9.11. The molecule has 0 aliphatic heterocycles. The van der Waals surface area contributed by atoms with Crippen LogP contribution in [-0.2, 0) is 0 Å². The molecule has 0 bridgehead atoms. The second-order valence-electron chi connectivity index (χ2n) is 3.40. The molecule has 2 rings (SSSR count). The van der Waals surface area contributed by atoms with Crippen molar-refractivity contribution in [3.63, 3.8) is 0 Å². The molecule has 1 heterocycles. The first-order chi connectivity index (χ1) is 7.74. The Bertz CT molecular complexity index is 534. The maximum absolute atomic E-state index is 8.81. The number of hydrogen-bond acceptors (Lipinski definition) is 3. The van der Waals surface area contributed by atoms with Crippen LogP contribution in [0.25, 0.3) is 11.4 Å². The summed E-state index contributed by atoms with van der Waals surface area (Å²) in [6, 6.07) is 9.56. The number of nitrogens with one attached hydrogen (secondary N) is 1. The van der Waals surface area contributed by atoms with Crippen LogP contribution in [0.3, 0.4) is 0 Å². The zero-order valence-electron chi connectivity index (χ0n) is 9.11. The summed E-state index contributed by atoms with van der Waals surface area (Å²) in [6.45, 7) is 1.83. The molecule has 0 amide bonds. The lowest BCUT2D eigenvalue weighted by atomic mass is 10.2. The summed E-state index contributed by atoms with van der Waals surface area (Å²) in [5, 5.41) is 8.81. The topological polar surface area (TPSA) is 61.7 Å². The van der Waals surface area contributed by atoms with Gasteiger partial charge >= 0.3 is 0 Å². The highest BCUT2D eigenvalue weighted by Gasteiger charge is 2.07. The number of rotatable bonds is 2. The van der Waals surface area contributed by atoms with Gasteiger partial charge in [-0.1, -0.05) is 0 Å². The van der Waals surface area contributed by atoms with Gasteiger partial charge in [-0.2, -0.15) is 5.26 Å². The highest BCUT2D eigenvalue weighted by atomic mass is 16.5. The molecule has 16 heavy (non-hydrogen) atoms. The number of methoxy groups -OCH3 is 1. The largest absolute Gasteiger partial charge is 0.497 e. The Morgan fingerprint density at radius 1 is 1.31 bits per heavy atom. The zero-order chi connectivity index (χ0) is 11.5. The summed E-state index contributed by atoms with van der Waals surface area (Å²) < 4.78 is 5.07. The van der Waals surface area contributed by atoms with Gasteiger partial charge < -0.3 is 9.72 Å². The van der Waals surface area contributed by atoms with Gasteiger partial charge in [-0.3, -0.25) is 0 Å². The van der Waals surface area contributed by atoms with E-state index in [1.54, 1.807) is 7.11 Å². The molecule has 1 aromatic carbocycles. The van der Waals surface area contributed by atoms with Crippen molar-refractivity contribution in [2.24, 2.45) is 0 Å². The SMILES string of the molecule is COc1ccc(-c2nc(C#N)c(C)[nH]2)cc1. The normalized spacial score (nSPS) is 9.81. The van der Waals surface area contributed by atoms with Crippen LogP contribution in [0, 0.1) is 18.3 Å². The Hall–Kier alpha value is -2.28. The molecule has 0 radical (unpaired) electrons. The number of imidazole rings is 1. The third-order valence-electron chi connectivity index (χ3n) is 2.35. The van der Waals surface area contributed by atoms with Gasteiger partial charge in [0.2, 0.25) is 0 Å². The molecule has 4 heteroatoms. The summed E-state index contributed by atoms with van der Waals surface area (Å²) in [6.07, 6.45) is 0. The van der Waals surface area contributed by atoms with E-state index in [1.807, 2.05) is 37.3 Å². The predicted molar refractivity (Wildman–Crippen MR) is 60.0 cm³/mol. The average Bonchev–Trinajstić information content (AvgIpc) is 2.71. The van der Waals surface area contributed by atoms with E-state index < -0.39 is 0 Å². The van der Waals surface area contributed by atoms with E-state index in [0.29, 0.717) is 11.5 Å². The van der Waals surface area contributed by atoms with Crippen molar-refractivity contribution in [3.05, 3.63) is 35.7 Å². The predicted octanol–water partition coefficient (Wildman–Crippen LogP) is 2.27. The summed E-state index contributed by atoms with van der Waals surface area (Å²) in [7, 11) is 1.62. The highest BCUT2D eigenvalue weighted by Crippen LogP contribution is 2.20. The number of ether oxygens (including phenoxy) is 1. The van der Waals surface area contributed by atoms with Gasteiger partial charge in [0.25, 0.3) is 0 Å². The Balaban J connectivity index is 2.39. The minimum atomic E-state index is 0.436. The van der Waals surface area contributed by atoms with E-state index in [1.165, 1.54) is 0 Å². The quantitative estimate of drug-likeness (QED) is 0.832. The van der Waals surface area contributed by atoms with E-state index in [2.05, 4.69) is 9.97 Å². The number of nitriles is 1. The lowest BCUT2D eigenvalue weighted by Crippen LogP contribution is -1.84. The average molecular weight is 213 g/mol. The molecule has 0 saturated heterocycles. The van der Waals surface area contributed by atoms with Crippen molar-refractivity contribution in [2.75, 3.05) is 7.11 Å².